The molecule has 2 atom stereocenters. The van der Waals surface area contributed by atoms with Crippen LogP contribution in [0.15, 0.2) is 17.8 Å². The Bertz CT molecular complexity index is 549. The molecule has 2 unspecified atom stereocenters. The zero-order valence-electron chi connectivity index (χ0n) is 10.2. The van der Waals surface area contributed by atoms with Gasteiger partial charge in [0.15, 0.2) is 4.96 Å². The van der Waals surface area contributed by atoms with E-state index in [1.807, 2.05) is 16.0 Å². The van der Waals surface area contributed by atoms with E-state index in [1.165, 1.54) is 6.42 Å². The minimum atomic E-state index is -0.555. The fourth-order valence-electron chi connectivity index (χ4n) is 3.59. The van der Waals surface area contributed by atoms with Gasteiger partial charge in [-0.2, -0.15) is 0 Å². The number of imidazole rings is 1. The molecule has 5 heteroatoms. The van der Waals surface area contributed by atoms with Gasteiger partial charge < -0.3 is 5.11 Å². The third-order valence-corrected chi connectivity index (χ3v) is 5.22. The van der Waals surface area contributed by atoms with Gasteiger partial charge in [0.1, 0.15) is 0 Å². The SMILES string of the molecule is OC1(Cc2cn3ccsc3n2)CCN2CCCC21. The van der Waals surface area contributed by atoms with Gasteiger partial charge in [0.2, 0.25) is 0 Å². The van der Waals surface area contributed by atoms with Crippen molar-refractivity contribution >= 4 is 16.3 Å². The summed E-state index contributed by atoms with van der Waals surface area (Å²) >= 11 is 1.64. The average molecular weight is 263 g/mol. The second-order valence-electron chi connectivity index (χ2n) is 5.55. The fraction of sp³-hybridized carbons (Fsp3) is 0.615. The Morgan fingerprint density at radius 3 is 3.33 bits per heavy atom. The molecule has 2 fully saturated rings. The van der Waals surface area contributed by atoms with Gasteiger partial charge in [-0.15, -0.1) is 11.3 Å². The van der Waals surface area contributed by atoms with Crippen molar-refractivity contribution in [1.82, 2.24) is 14.3 Å². The van der Waals surface area contributed by atoms with Gasteiger partial charge in [0.05, 0.1) is 11.3 Å². The first-order valence-corrected chi connectivity index (χ1v) is 7.50. The van der Waals surface area contributed by atoms with Crippen molar-refractivity contribution in [2.75, 3.05) is 13.1 Å². The Morgan fingerprint density at radius 1 is 1.50 bits per heavy atom. The molecule has 2 aromatic heterocycles. The lowest BCUT2D eigenvalue weighted by molar-refractivity contribution is 0.0133. The molecular weight excluding hydrogens is 246 g/mol. The maximum atomic E-state index is 10.9. The summed E-state index contributed by atoms with van der Waals surface area (Å²) in [7, 11) is 0. The van der Waals surface area contributed by atoms with E-state index < -0.39 is 5.60 Å². The van der Waals surface area contributed by atoms with Crippen LogP contribution in [0.5, 0.6) is 0 Å². The first-order chi connectivity index (χ1) is 8.74. The molecule has 0 amide bonds. The van der Waals surface area contributed by atoms with Crippen LogP contribution in [-0.2, 0) is 6.42 Å². The molecular formula is C13H17N3OS. The van der Waals surface area contributed by atoms with Crippen molar-refractivity contribution in [3.63, 3.8) is 0 Å². The number of aliphatic hydroxyl groups is 1. The molecule has 0 saturated carbocycles. The third-order valence-electron chi connectivity index (χ3n) is 4.45. The fourth-order valence-corrected chi connectivity index (χ4v) is 4.31. The van der Waals surface area contributed by atoms with Gasteiger partial charge in [-0.1, -0.05) is 0 Å². The summed E-state index contributed by atoms with van der Waals surface area (Å²) in [6, 6.07) is 0.359. The molecule has 0 aliphatic carbocycles. The molecule has 4 rings (SSSR count). The van der Waals surface area contributed by atoms with E-state index in [0.717, 1.165) is 36.6 Å². The van der Waals surface area contributed by atoms with Crippen LogP contribution in [0.3, 0.4) is 0 Å². The number of hydrogen-bond donors (Lipinski definition) is 1. The molecule has 18 heavy (non-hydrogen) atoms. The number of nitrogens with zero attached hydrogens (tertiary/aromatic N) is 3. The largest absolute Gasteiger partial charge is 0.388 e. The van der Waals surface area contributed by atoms with Crippen molar-refractivity contribution in [2.45, 2.75) is 37.3 Å². The topological polar surface area (TPSA) is 40.8 Å². The molecule has 0 radical (unpaired) electrons. The van der Waals surface area contributed by atoms with E-state index in [1.54, 1.807) is 11.3 Å². The molecule has 2 aliphatic rings. The molecule has 2 saturated heterocycles. The molecule has 4 nitrogen and oxygen atoms in total. The maximum absolute atomic E-state index is 10.9. The predicted molar refractivity (Wildman–Crippen MR) is 70.9 cm³/mol. The van der Waals surface area contributed by atoms with Crippen molar-refractivity contribution in [2.24, 2.45) is 0 Å². The quantitative estimate of drug-likeness (QED) is 0.893. The Balaban J connectivity index is 1.61. The molecule has 96 valence electrons. The van der Waals surface area contributed by atoms with Crippen LogP contribution in [0, 0.1) is 0 Å². The highest BCUT2D eigenvalue weighted by atomic mass is 32.1. The minimum absolute atomic E-state index is 0.359. The van der Waals surface area contributed by atoms with Crippen LogP contribution in [0.4, 0.5) is 0 Å². The lowest BCUT2D eigenvalue weighted by Crippen LogP contribution is -2.43. The number of rotatable bonds is 2. The Morgan fingerprint density at radius 2 is 2.44 bits per heavy atom. The van der Waals surface area contributed by atoms with E-state index >= 15 is 0 Å². The van der Waals surface area contributed by atoms with E-state index in [4.69, 9.17) is 0 Å². The highest BCUT2D eigenvalue weighted by Crippen LogP contribution is 2.38. The van der Waals surface area contributed by atoms with Crippen molar-refractivity contribution < 1.29 is 5.11 Å². The number of hydrogen-bond acceptors (Lipinski definition) is 4. The van der Waals surface area contributed by atoms with Gasteiger partial charge in [-0.25, -0.2) is 4.98 Å². The standard InChI is InChI=1S/C13H17N3OS/c17-13(3-5-15-4-1-2-11(13)15)8-10-9-16-6-7-18-12(16)14-10/h6-7,9,11,17H,1-5,8H2. The zero-order valence-corrected chi connectivity index (χ0v) is 11.1. The van der Waals surface area contributed by atoms with Crippen LogP contribution in [0.1, 0.15) is 25.0 Å². The van der Waals surface area contributed by atoms with Gasteiger partial charge in [-0.05, 0) is 25.8 Å². The van der Waals surface area contributed by atoms with Crippen LogP contribution >= 0.6 is 11.3 Å². The molecule has 2 aromatic rings. The summed E-state index contributed by atoms with van der Waals surface area (Å²) in [6.45, 7) is 2.20. The maximum Gasteiger partial charge on any atom is 0.193 e. The lowest BCUT2D eigenvalue weighted by Gasteiger charge is -2.29. The van der Waals surface area contributed by atoms with Gasteiger partial charge in [0, 0.05) is 36.8 Å². The summed E-state index contributed by atoms with van der Waals surface area (Å²) in [5.74, 6) is 0. The van der Waals surface area contributed by atoms with E-state index in [-0.39, 0.29) is 0 Å². The Labute approximate surface area is 110 Å². The van der Waals surface area contributed by atoms with Crippen LogP contribution in [0.25, 0.3) is 4.96 Å². The first-order valence-electron chi connectivity index (χ1n) is 6.62. The second-order valence-corrected chi connectivity index (χ2v) is 6.42. The number of aromatic nitrogens is 2. The highest BCUT2D eigenvalue weighted by Gasteiger charge is 2.48. The van der Waals surface area contributed by atoms with Gasteiger partial charge in [-0.3, -0.25) is 9.30 Å². The van der Waals surface area contributed by atoms with Crippen LogP contribution in [0.2, 0.25) is 0 Å². The van der Waals surface area contributed by atoms with E-state index in [9.17, 15) is 5.11 Å². The van der Waals surface area contributed by atoms with Gasteiger partial charge in [0.25, 0.3) is 0 Å². The molecule has 0 spiro atoms. The molecule has 0 aromatic carbocycles. The van der Waals surface area contributed by atoms with E-state index in [0.29, 0.717) is 12.5 Å². The van der Waals surface area contributed by atoms with Crippen molar-refractivity contribution in [3.05, 3.63) is 23.5 Å². The van der Waals surface area contributed by atoms with Gasteiger partial charge >= 0.3 is 0 Å². The average Bonchev–Trinajstić information content (AvgIpc) is 3.02. The molecule has 4 heterocycles. The molecule has 0 bridgehead atoms. The number of fused-ring (bicyclic) bond motifs is 2. The lowest BCUT2D eigenvalue weighted by atomic mass is 9.88. The first kappa shape index (κ1) is 11.0. The summed E-state index contributed by atoms with van der Waals surface area (Å²) < 4.78 is 2.05. The summed E-state index contributed by atoms with van der Waals surface area (Å²) in [5.41, 5.74) is 0.471. The molecule has 2 aliphatic heterocycles. The monoisotopic (exact) mass is 263 g/mol. The summed E-state index contributed by atoms with van der Waals surface area (Å²) in [4.78, 5) is 8.06. The Hall–Kier alpha value is -0.910. The van der Waals surface area contributed by atoms with Crippen LogP contribution in [-0.4, -0.2) is 44.1 Å². The highest BCUT2D eigenvalue weighted by molar-refractivity contribution is 7.15. The minimum Gasteiger partial charge on any atom is -0.388 e. The number of thiazole rings is 1. The van der Waals surface area contributed by atoms with Crippen molar-refractivity contribution in [1.29, 1.82) is 0 Å². The zero-order chi connectivity index (χ0) is 12.2. The second kappa shape index (κ2) is 3.79. The van der Waals surface area contributed by atoms with E-state index in [2.05, 4.69) is 16.1 Å². The summed E-state index contributed by atoms with van der Waals surface area (Å²) in [6.07, 6.45) is 8.04. The third kappa shape index (κ3) is 1.54. The predicted octanol–water partition coefficient (Wildman–Crippen LogP) is 1.54. The van der Waals surface area contributed by atoms with Crippen LogP contribution < -0.4 is 0 Å². The van der Waals surface area contributed by atoms with Crippen molar-refractivity contribution in [3.8, 4) is 0 Å². The molecule has 1 N–H and O–H groups in total. The normalized spacial score (nSPS) is 32.4. The Kier molecular flexibility index (Phi) is 2.31. The smallest absolute Gasteiger partial charge is 0.193 e. The summed E-state index contributed by atoms with van der Waals surface area (Å²) in [5, 5.41) is 12.9.